The van der Waals surface area contributed by atoms with E-state index in [9.17, 15) is 9.18 Å². The minimum absolute atomic E-state index is 0.136. The second-order valence-corrected chi connectivity index (χ2v) is 11.1. The molecule has 11 heteroatoms. The fraction of sp³-hybridized carbons (Fsp3) is 0.176. The molecule has 3 heterocycles. The number of hydrogen-bond acceptors (Lipinski definition) is 8. The number of aromatic nitrogens is 5. The topological polar surface area (TPSA) is 92.8 Å². The third-order valence-corrected chi connectivity index (χ3v) is 8.00. The number of rotatable bonds is 11. The summed E-state index contributed by atoms with van der Waals surface area (Å²) in [6, 6.07) is 19.9. The number of fused-ring (bicyclic) bond motifs is 1. The Morgan fingerprint density at radius 2 is 1.73 bits per heavy atom. The summed E-state index contributed by atoms with van der Waals surface area (Å²) in [7, 11) is 3.02. The molecule has 228 valence electrons. The smallest absolute Gasteiger partial charge is 0.291 e. The maximum atomic E-state index is 14.7. The van der Waals surface area contributed by atoms with Gasteiger partial charge in [0.25, 0.3) is 5.56 Å². The standard InChI is InChI=1S/C34H30FN5O4S/c1-4-5-17-44-28-14-11-22(18-29(28)43-3)12-16-31-36-34-40(37-31)33(41)30(45-34)20-24-21-39(25-9-7-6-8-10-25)38-32(24)23-13-15-27(42-2)26(35)19-23/h6-16,18-21H,4-5,17H2,1-3H3/b16-12+,30-20-. The van der Waals surface area contributed by atoms with Gasteiger partial charge in [-0.05, 0) is 66.6 Å². The van der Waals surface area contributed by atoms with Crippen molar-refractivity contribution in [2.75, 3.05) is 20.8 Å². The van der Waals surface area contributed by atoms with Crippen LogP contribution in [-0.4, -0.2) is 45.2 Å². The number of halogens is 1. The summed E-state index contributed by atoms with van der Waals surface area (Å²) in [6.07, 6.45) is 9.16. The maximum absolute atomic E-state index is 14.7. The molecule has 9 nitrogen and oxygen atoms in total. The van der Waals surface area contributed by atoms with Crippen molar-refractivity contribution in [2.45, 2.75) is 19.8 Å². The van der Waals surface area contributed by atoms with Gasteiger partial charge in [-0.2, -0.15) is 14.6 Å². The molecule has 0 saturated carbocycles. The van der Waals surface area contributed by atoms with Crippen molar-refractivity contribution in [3.05, 3.63) is 111 Å². The molecule has 45 heavy (non-hydrogen) atoms. The van der Waals surface area contributed by atoms with Crippen LogP contribution in [0.25, 0.3) is 40.1 Å². The third kappa shape index (κ3) is 6.34. The van der Waals surface area contributed by atoms with E-state index in [0.717, 1.165) is 24.1 Å². The Bertz CT molecular complexity index is 2100. The van der Waals surface area contributed by atoms with E-state index in [0.29, 0.717) is 50.2 Å². The predicted octanol–water partition coefficient (Wildman–Crippen LogP) is 6.06. The lowest BCUT2D eigenvalue weighted by Gasteiger charge is -2.10. The lowest BCUT2D eigenvalue weighted by Crippen LogP contribution is -2.23. The minimum Gasteiger partial charge on any atom is -0.494 e. The van der Waals surface area contributed by atoms with Gasteiger partial charge in [-0.3, -0.25) is 4.79 Å². The Balaban J connectivity index is 1.32. The van der Waals surface area contributed by atoms with Gasteiger partial charge in [0.05, 0.1) is 31.0 Å². The highest BCUT2D eigenvalue weighted by atomic mass is 32.1. The highest BCUT2D eigenvalue weighted by Gasteiger charge is 2.16. The number of unbranched alkanes of at least 4 members (excludes halogenated alkanes) is 1. The molecule has 0 aliphatic heterocycles. The van der Waals surface area contributed by atoms with Crippen LogP contribution in [-0.2, 0) is 0 Å². The van der Waals surface area contributed by atoms with Gasteiger partial charge in [0, 0.05) is 17.3 Å². The van der Waals surface area contributed by atoms with Crippen molar-refractivity contribution in [2.24, 2.45) is 0 Å². The summed E-state index contributed by atoms with van der Waals surface area (Å²) >= 11 is 1.22. The molecule has 0 atom stereocenters. The van der Waals surface area contributed by atoms with Crippen LogP contribution in [0.2, 0.25) is 0 Å². The molecule has 3 aromatic carbocycles. The molecular weight excluding hydrogens is 593 g/mol. The molecule has 6 rings (SSSR count). The van der Waals surface area contributed by atoms with Gasteiger partial charge in [0.1, 0.15) is 5.69 Å². The normalized spacial score (nSPS) is 12.0. The van der Waals surface area contributed by atoms with Crippen LogP contribution in [0.4, 0.5) is 4.39 Å². The molecule has 0 fully saturated rings. The quantitative estimate of drug-likeness (QED) is 0.162. The maximum Gasteiger partial charge on any atom is 0.291 e. The zero-order valence-electron chi connectivity index (χ0n) is 24.9. The first-order valence-electron chi connectivity index (χ1n) is 14.4. The van der Waals surface area contributed by atoms with E-state index in [1.165, 1.54) is 29.0 Å². The summed E-state index contributed by atoms with van der Waals surface area (Å²) in [5.74, 6) is 1.36. The van der Waals surface area contributed by atoms with Gasteiger partial charge in [0.15, 0.2) is 28.9 Å². The van der Waals surface area contributed by atoms with E-state index in [4.69, 9.17) is 19.3 Å². The first-order valence-corrected chi connectivity index (χ1v) is 15.2. The Morgan fingerprint density at radius 1 is 0.933 bits per heavy atom. The predicted molar refractivity (Wildman–Crippen MR) is 174 cm³/mol. The van der Waals surface area contributed by atoms with E-state index in [2.05, 4.69) is 17.0 Å². The molecule has 0 aliphatic rings. The first-order chi connectivity index (χ1) is 22.0. The zero-order chi connectivity index (χ0) is 31.3. The van der Waals surface area contributed by atoms with Gasteiger partial charge >= 0.3 is 0 Å². The number of thiazole rings is 1. The first kappa shape index (κ1) is 29.8. The number of benzene rings is 3. The van der Waals surface area contributed by atoms with Crippen LogP contribution in [0.1, 0.15) is 36.7 Å². The number of para-hydroxylation sites is 1. The minimum atomic E-state index is -0.506. The van der Waals surface area contributed by atoms with Crippen LogP contribution >= 0.6 is 11.3 Å². The van der Waals surface area contributed by atoms with Crippen LogP contribution in [0.3, 0.4) is 0 Å². The van der Waals surface area contributed by atoms with E-state index >= 15 is 0 Å². The van der Waals surface area contributed by atoms with E-state index in [1.807, 2.05) is 60.8 Å². The summed E-state index contributed by atoms with van der Waals surface area (Å²) in [6.45, 7) is 2.74. The van der Waals surface area contributed by atoms with Crippen LogP contribution in [0.5, 0.6) is 17.2 Å². The molecule has 3 aromatic heterocycles. The van der Waals surface area contributed by atoms with Crippen LogP contribution in [0, 0.1) is 5.82 Å². The average molecular weight is 624 g/mol. The number of ether oxygens (including phenoxy) is 3. The highest BCUT2D eigenvalue weighted by molar-refractivity contribution is 7.15. The average Bonchev–Trinajstić information content (AvgIpc) is 3.75. The molecule has 0 radical (unpaired) electrons. The molecule has 0 aliphatic carbocycles. The van der Waals surface area contributed by atoms with Crippen molar-refractivity contribution in [1.29, 1.82) is 0 Å². The van der Waals surface area contributed by atoms with Crippen molar-refractivity contribution in [1.82, 2.24) is 24.4 Å². The molecule has 0 N–H and O–H groups in total. The van der Waals surface area contributed by atoms with Crippen molar-refractivity contribution < 1.29 is 18.6 Å². The van der Waals surface area contributed by atoms with Crippen LogP contribution in [0.15, 0.2) is 77.7 Å². The second-order valence-electron chi connectivity index (χ2n) is 10.1. The van der Waals surface area contributed by atoms with Crippen LogP contribution < -0.4 is 24.3 Å². The fourth-order valence-electron chi connectivity index (χ4n) is 4.71. The van der Waals surface area contributed by atoms with Crippen molar-refractivity contribution >= 4 is 34.5 Å². The highest BCUT2D eigenvalue weighted by Crippen LogP contribution is 2.30. The molecule has 0 amide bonds. The summed E-state index contributed by atoms with van der Waals surface area (Å²) < 4.78 is 34.5. The van der Waals surface area contributed by atoms with Gasteiger partial charge in [-0.15, -0.1) is 5.10 Å². The Kier molecular flexibility index (Phi) is 8.70. The number of hydrogen-bond donors (Lipinski definition) is 0. The largest absolute Gasteiger partial charge is 0.494 e. The second kappa shape index (κ2) is 13.1. The molecular formula is C34H30FN5O4S. The number of methoxy groups -OCH3 is 2. The monoisotopic (exact) mass is 623 g/mol. The summed E-state index contributed by atoms with van der Waals surface area (Å²) in [5, 5.41) is 9.15. The van der Waals surface area contributed by atoms with Gasteiger partial charge in [0.2, 0.25) is 4.96 Å². The Morgan fingerprint density at radius 3 is 2.47 bits per heavy atom. The Hall–Kier alpha value is -5.29. The fourth-order valence-corrected chi connectivity index (χ4v) is 5.61. The zero-order valence-corrected chi connectivity index (χ0v) is 25.8. The summed E-state index contributed by atoms with van der Waals surface area (Å²) in [4.78, 5) is 18.4. The van der Waals surface area contributed by atoms with Gasteiger partial charge < -0.3 is 14.2 Å². The van der Waals surface area contributed by atoms with E-state index < -0.39 is 5.82 Å². The van der Waals surface area contributed by atoms with Crippen molar-refractivity contribution in [3.8, 4) is 34.2 Å². The Labute approximate surface area is 262 Å². The summed E-state index contributed by atoms with van der Waals surface area (Å²) in [5.41, 5.74) is 3.09. The van der Waals surface area contributed by atoms with Gasteiger partial charge in [-0.25, -0.2) is 9.07 Å². The molecule has 0 spiro atoms. The molecule has 0 bridgehead atoms. The van der Waals surface area contributed by atoms with Crippen molar-refractivity contribution in [3.63, 3.8) is 0 Å². The molecule has 0 saturated heterocycles. The van der Waals surface area contributed by atoms with Gasteiger partial charge in [-0.1, -0.05) is 55.0 Å². The SMILES string of the molecule is CCCCOc1ccc(/C=C/c2nc3s/c(=C\c4cn(-c5ccccc5)nc4-c4ccc(OC)c(F)c4)c(=O)n3n2)cc1OC. The number of nitrogens with zero attached hydrogens (tertiary/aromatic N) is 5. The molecule has 6 aromatic rings. The third-order valence-electron chi connectivity index (χ3n) is 7.04. The lowest BCUT2D eigenvalue weighted by molar-refractivity contribution is 0.288. The van der Waals surface area contributed by atoms with E-state index in [1.54, 1.807) is 36.1 Å². The molecule has 0 unspecified atom stereocenters. The lowest BCUT2D eigenvalue weighted by atomic mass is 10.1. The van der Waals surface area contributed by atoms with E-state index in [-0.39, 0.29) is 11.3 Å².